The molecule has 0 radical (unpaired) electrons. The van der Waals surface area contributed by atoms with Gasteiger partial charge >= 0.3 is 0 Å². The smallest absolute Gasteiger partial charge is 0.230 e. The van der Waals surface area contributed by atoms with E-state index in [-0.39, 0.29) is 24.4 Å². The second kappa shape index (κ2) is 13.4. The molecule has 1 heterocycles. The molecule has 2 aromatic carbocycles. The number of carbonyl (C=O) groups is 1. The standard InChI is InChI=1S/C25H34N4O3S/c26-25-28-22(18-33-25)16-24(32)27-21-10-8-19(9-11-21)12-14-29(13-4-5-15-30)17-23(31)20-6-2-1-3-7-20/h1-3,6-11,18,23,25,28,30-31H,4-5,12-17,26H2,(H,27,32). The van der Waals surface area contributed by atoms with Gasteiger partial charge in [0.05, 0.1) is 12.5 Å². The van der Waals surface area contributed by atoms with Crippen LogP contribution in [-0.2, 0) is 11.2 Å². The molecular formula is C25H34N4O3S. The number of anilines is 1. The Bertz CT molecular complexity index is 892. The molecule has 0 aromatic heterocycles. The summed E-state index contributed by atoms with van der Waals surface area (Å²) in [5.41, 5.74) is 9.24. The normalized spacial score (nSPS) is 16.4. The van der Waals surface area contributed by atoms with Crippen LogP contribution in [0.2, 0.25) is 0 Å². The van der Waals surface area contributed by atoms with Gasteiger partial charge in [0.2, 0.25) is 5.91 Å². The van der Waals surface area contributed by atoms with Crippen molar-refractivity contribution in [3.63, 3.8) is 0 Å². The number of aliphatic hydroxyl groups excluding tert-OH is 2. The number of benzene rings is 2. The Morgan fingerprint density at radius 2 is 1.88 bits per heavy atom. The molecule has 6 N–H and O–H groups in total. The Kier molecular flexibility index (Phi) is 10.2. The quantitative estimate of drug-likeness (QED) is 0.286. The second-order valence-corrected chi connectivity index (χ2v) is 9.19. The molecule has 1 aliphatic heterocycles. The van der Waals surface area contributed by atoms with E-state index in [1.165, 1.54) is 11.8 Å². The molecule has 3 rings (SSSR count). The van der Waals surface area contributed by atoms with Crippen LogP contribution in [0.5, 0.6) is 0 Å². The second-order valence-electron chi connectivity index (χ2n) is 8.17. The van der Waals surface area contributed by atoms with Crippen molar-refractivity contribution < 1.29 is 15.0 Å². The summed E-state index contributed by atoms with van der Waals surface area (Å²) < 4.78 is 0. The maximum Gasteiger partial charge on any atom is 0.230 e. The van der Waals surface area contributed by atoms with Crippen molar-refractivity contribution in [2.45, 2.75) is 37.3 Å². The minimum absolute atomic E-state index is 0.0823. The number of thioether (sulfide) groups is 1. The highest BCUT2D eigenvalue weighted by Gasteiger charge is 2.16. The van der Waals surface area contributed by atoms with E-state index in [1.54, 1.807) is 0 Å². The highest BCUT2D eigenvalue weighted by Crippen LogP contribution is 2.20. The molecule has 1 aliphatic rings. The van der Waals surface area contributed by atoms with Crippen LogP contribution in [0, 0.1) is 0 Å². The Morgan fingerprint density at radius 3 is 2.55 bits per heavy atom. The molecule has 0 saturated carbocycles. The van der Waals surface area contributed by atoms with Crippen LogP contribution in [0.15, 0.2) is 65.7 Å². The molecule has 0 spiro atoms. The molecule has 7 nitrogen and oxygen atoms in total. The lowest BCUT2D eigenvalue weighted by molar-refractivity contribution is -0.115. The van der Waals surface area contributed by atoms with Gasteiger partial charge in [-0.15, -0.1) is 0 Å². The fraction of sp³-hybridized carbons (Fsp3) is 0.400. The Hall–Kier alpha value is -2.36. The number of amides is 1. The summed E-state index contributed by atoms with van der Waals surface area (Å²) in [4.78, 5) is 14.5. The number of carbonyl (C=O) groups excluding carboxylic acids is 1. The molecule has 1 amide bonds. The number of unbranched alkanes of at least 4 members (excludes halogenated alkanes) is 1. The lowest BCUT2D eigenvalue weighted by atomic mass is 10.1. The minimum Gasteiger partial charge on any atom is -0.396 e. The molecule has 178 valence electrons. The zero-order chi connectivity index (χ0) is 23.5. The van der Waals surface area contributed by atoms with Crippen LogP contribution >= 0.6 is 11.8 Å². The summed E-state index contributed by atoms with van der Waals surface area (Å²) in [5.74, 6) is -0.0823. The van der Waals surface area contributed by atoms with E-state index < -0.39 is 6.10 Å². The van der Waals surface area contributed by atoms with Crippen LogP contribution in [-0.4, -0.2) is 52.8 Å². The number of aliphatic hydroxyl groups is 2. The predicted octanol–water partition coefficient (Wildman–Crippen LogP) is 2.79. The predicted molar refractivity (Wildman–Crippen MR) is 134 cm³/mol. The highest BCUT2D eigenvalue weighted by molar-refractivity contribution is 8.02. The number of rotatable bonds is 13. The SMILES string of the molecule is NC1NC(CC(=O)Nc2ccc(CCN(CCCCO)CC(O)c3ccccc3)cc2)=CS1. The van der Waals surface area contributed by atoms with Gasteiger partial charge in [-0.2, -0.15) is 0 Å². The van der Waals surface area contributed by atoms with Gasteiger partial charge in [0, 0.05) is 31.1 Å². The molecule has 2 atom stereocenters. The van der Waals surface area contributed by atoms with Crippen LogP contribution in [0.3, 0.4) is 0 Å². The lowest BCUT2D eigenvalue weighted by Crippen LogP contribution is -2.32. The van der Waals surface area contributed by atoms with Crippen molar-refractivity contribution in [3.8, 4) is 0 Å². The van der Waals surface area contributed by atoms with Crippen molar-refractivity contribution in [2.75, 3.05) is 31.6 Å². The van der Waals surface area contributed by atoms with Crippen molar-refractivity contribution >= 4 is 23.4 Å². The van der Waals surface area contributed by atoms with Gasteiger partial charge in [-0.05, 0) is 54.5 Å². The van der Waals surface area contributed by atoms with Crippen LogP contribution in [0.4, 0.5) is 5.69 Å². The van der Waals surface area contributed by atoms with Crippen molar-refractivity contribution in [1.29, 1.82) is 0 Å². The number of hydrogen-bond donors (Lipinski definition) is 5. The first kappa shape index (κ1) is 25.3. The summed E-state index contributed by atoms with van der Waals surface area (Å²) in [6.45, 7) is 2.36. The number of nitrogens with one attached hydrogen (secondary N) is 2. The Balaban J connectivity index is 1.49. The van der Waals surface area contributed by atoms with Crippen molar-refractivity contribution in [1.82, 2.24) is 10.2 Å². The summed E-state index contributed by atoms with van der Waals surface area (Å²) >= 11 is 1.46. The first-order chi connectivity index (χ1) is 16.0. The maximum absolute atomic E-state index is 12.2. The van der Waals surface area contributed by atoms with Gasteiger partial charge in [-0.25, -0.2) is 0 Å². The van der Waals surface area contributed by atoms with E-state index >= 15 is 0 Å². The molecule has 2 aromatic rings. The van der Waals surface area contributed by atoms with Gasteiger partial charge in [0.15, 0.2) is 0 Å². The fourth-order valence-electron chi connectivity index (χ4n) is 3.69. The monoisotopic (exact) mass is 470 g/mol. The summed E-state index contributed by atoms with van der Waals surface area (Å²) in [5, 5.41) is 27.6. The highest BCUT2D eigenvalue weighted by atomic mass is 32.2. The topological polar surface area (TPSA) is 111 Å². The molecule has 0 fully saturated rings. The van der Waals surface area contributed by atoms with Gasteiger partial charge < -0.3 is 31.5 Å². The third kappa shape index (κ3) is 8.83. The largest absolute Gasteiger partial charge is 0.396 e. The zero-order valence-electron chi connectivity index (χ0n) is 18.8. The summed E-state index contributed by atoms with van der Waals surface area (Å²) in [6.07, 6.45) is 2.20. The summed E-state index contributed by atoms with van der Waals surface area (Å²) in [6, 6.07) is 17.6. The van der Waals surface area contributed by atoms with Crippen LogP contribution in [0.1, 0.15) is 36.5 Å². The first-order valence-corrected chi connectivity index (χ1v) is 12.3. The fourth-order valence-corrected chi connectivity index (χ4v) is 4.37. The van der Waals surface area contributed by atoms with E-state index in [1.807, 2.05) is 60.0 Å². The zero-order valence-corrected chi connectivity index (χ0v) is 19.6. The van der Waals surface area contributed by atoms with Gasteiger partial charge in [-0.1, -0.05) is 54.2 Å². The van der Waals surface area contributed by atoms with Crippen LogP contribution < -0.4 is 16.4 Å². The molecule has 0 bridgehead atoms. The van der Waals surface area contributed by atoms with Crippen LogP contribution in [0.25, 0.3) is 0 Å². The first-order valence-electron chi connectivity index (χ1n) is 11.3. The Labute approximate surface area is 200 Å². The number of hydrogen-bond acceptors (Lipinski definition) is 7. The maximum atomic E-state index is 12.2. The molecule has 8 heteroatoms. The molecular weight excluding hydrogens is 436 g/mol. The van der Waals surface area contributed by atoms with E-state index in [9.17, 15) is 9.90 Å². The average Bonchev–Trinajstić information content (AvgIpc) is 3.23. The molecule has 2 unspecified atom stereocenters. The van der Waals surface area contributed by atoms with Gasteiger partial charge in [-0.3, -0.25) is 4.79 Å². The van der Waals surface area contributed by atoms with E-state index in [2.05, 4.69) is 15.5 Å². The van der Waals surface area contributed by atoms with E-state index in [4.69, 9.17) is 10.8 Å². The average molecular weight is 471 g/mol. The Morgan fingerprint density at radius 1 is 1.12 bits per heavy atom. The molecule has 33 heavy (non-hydrogen) atoms. The van der Waals surface area contributed by atoms with E-state index in [0.717, 1.165) is 54.9 Å². The van der Waals surface area contributed by atoms with Crippen molar-refractivity contribution in [3.05, 3.63) is 76.8 Å². The van der Waals surface area contributed by atoms with E-state index in [0.29, 0.717) is 6.54 Å². The number of nitrogens with zero attached hydrogens (tertiary/aromatic N) is 1. The number of nitrogens with two attached hydrogens (primary N) is 1. The third-order valence-electron chi connectivity index (χ3n) is 5.49. The van der Waals surface area contributed by atoms with Gasteiger partial charge in [0.25, 0.3) is 0 Å². The lowest BCUT2D eigenvalue weighted by Gasteiger charge is -2.25. The van der Waals surface area contributed by atoms with Gasteiger partial charge in [0.1, 0.15) is 5.50 Å². The molecule has 0 aliphatic carbocycles. The summed E-state index contributed by atoms with van der Waals surface area (Å²) in [7, 11) is 0. The van der Waals surface area contributed by atoms with Crippen molar-refractivity contribution in [2.24, 2.45) is 5.73 Å². The molecule has 0 saturated heterocycles. The minimum atomic E-state index is -0.546. The third-order valence-corrected chi connectivity index (χ3v) is 6.32.